The second kappa shape index (κ2) is 10.1. The molecule has 2 aromatic rings. The minimum Gasteiger partial charge on any atom is -0.491 e. The van der Waals surface area contributed by atoms with Crippen LogP contribution in [0.2, 0.25) is 0 Å². The molecule has 0 fully saturated rings. The van der Waals surface area contributed by atoms with Crippen molar-refractivity contribution >= 4 is 23.2 Å². The molecule has 0 N–H and O–H groups in total. The smallest absolute Gasteiger partial charge is 0.242 e. The summed E-state index contributed by atoms with van der Waals surface area (Å²) in [5, 5.41) is 2.03. The molecular weight excluding hydrogens is 403 g/mol. The quantitative estimate of drug-likeness (QED) is 0.620. The normalized spacial score (nSPS) is 16.7. The van der Waals surface area contributed by atoms with Gasteiger partial charge in [0.1, 0.15) is 24.7 Å². The summed E-state index contributed by atoms with van der Waals surface area (Å²) in [7, 11) is 0. The number of benzene rings is 1. The lowest BCUT2D eigenvalue weighted by Crippen LogP contribution is -2.49. The van der Waals surface area contributed by atoms with Gasteiger partial charge in [0.05, 0.1) is 6.04 Å². The molecule has 0 radical (unpaired) electrons. The molecular formula is C23H29FN2O3S. The lowest BCUT2D eigenvalue weighted by molar-refractivity contribution is -0.144. The number of carbonyl (C=O) groups is 2. The fourth-order valence-electron chi connectivity index (χ4n) is 3.76. The van der Waals surface area contributed by atoms with E-state index >= 15 is 0 Å². The van der Waals surface area contributed by atoms with Crippen LogP contribution in [-0.4, -0.2) is 47.4 Å². The third-order valence-electron chi connectivity index (χ3n) is 5.67. The molecule has 2 heterocycles. The fourth-order valence-corrected chi connectivity index (χ4v) is 4.68. The topological polar surface area (TPSA) is 49.9 Å². The zero-order chi connectivity index (χ0) is 21.7. The molecule has 0 spiro atoms. The molecule has 7 heteroatoms. The van der Waals surface area contributed by atoms with Crippen molar-refractivity contribution in [3.8, 4) is 5.75 Å². The first-order valence-electron chi connectivity index (χ1n) is 10.5. The summed E-state index contributed by atoms with van der Waals surface area (Å²) < 4.78 is 19.4. The van der Waals surface area contributed by atoms with Crippen molar-refractivity contribution in [2.45, 2.75) is 52.1 Å². The average Bonchev–Trinajstić information content (AvgIpc) is 3.23. The Morgan fingerprint density at radius 3 is 2.83 bits per heavy atom. The van der Waals surface area contributed by atoms with Gasteiger partial charge in [0.25, 0.3) is 0 Å². The number of ether oxygens (including phenoxy) is 1. The number of halogens is 1. The maximum absolute atomic E-state index is 13.5. The van der Waals surface area contributed by atoms with E-state index in [1.54, 1.807) is 28.4 Å². The summed E-state index contributed by atoms with van der Waals surface area (Å²) in [6.07, 6.45) is 1.96. The summed E-state index contributed by atoms with van der Waals surface area (Å²) in [4.78, 5) is 30.4. The van der Waals surface area contributed by atoms with Crippen molar-refractivity contribution in [1.29, 1.82) is 0 Å². The van der Waals surface area contributed by atoms with E-state index in [1.165, 1.54) is 17.0 Å². The Labute approximate surface area is 181 Å². The SMILES string of the molecule is CCC(=O)N(CC(=O)N1CCc2sccc2[C@H]1COc1cccc(F)c1)[C@@H](C)CC. The Morgan fingerprint density at radius 2 is 2.13 bits per heavy atom. The molecule has 0 saturated carbocycles. The number of hydrogen-bond acceptors (Lipinski definition) is 4. The number of rotatable bonds is 8. The van der Waals surface area contributed by atoms with Gasteiger partial charge in [-0.25, -0.2) is 4.39 Å². The van der Waals surface area contributed by atoms with Gasteiger partial charge < -0.3 is 14.5 Å². The van der Waals surface area contributed by atoms with Gasteiger partial charge in [-0.05, 0) is 48.9 Å². The summed E-state index contributed by atoms with van der Waals surface area (Å²) in [6.45, 7) is 6.69. The van der Waals surface area contributed by atoms with Crippen LogP contribution in [0.4, 0.5) is 4.39 Å². The highest BCUT2D eigenvalue weighted by Crippen LogP contribution is 2.34. The number of nitrogens with zero attached hydrogens (tertiary/aromatic N) is 2. The third-order valence-corrected chi connectivity index (χ3v) is 6.67. The highest BCUT2D eigenvalue weighted by Gasteiger charge is 2.34. The van der Waals surface area contributed by atoms with Crippen LogP contribution >= 0.6 is 11.3 Å². The Morgan fingerprint density at radius 1 is 1.33 bits per heavy atom. The molecule has 1 aromatic carbocycles. The summed E-state index contributed by atoms with van der Waals surface area (Å²) >= 11 is 1.68. The fraction of sp³-hybridized carbons (Fsp3) is 0.478. The zero-order valence-corrected chi connectivity index (χ0v) is 18.6. The van der Waals surface area contributed by atoms with Crippen molar-refractivity contribution < 1.29 is 18.7 Å². The standard InChI is InChI=1S/C23H29FN2O3S/c1-4-16(3)26(22(27)5-2)14-23(28)25-11-9-21-19(10-12-30-21)20(25)15-29-18-8-6-7-17(24)13-18/h6-8,10,12-13,16,20H,4-5,9,11,14-15H2,1-3H3/t16-,20+/m0/s1. The predicted molar refractivity (Wildman–Crippen MR) is 116 cm³/mol. The van der Waals surface area contributed by atoms with Gasteiger partial charge in [0.2, 0.25) is 11.8 Å². The van der Waals surface area contributed by atoms with Gasteiger partial charge in [-0.2, -0.15) is 0 Å². The van der Waals surface area contributed by atoms with Gasteiger partial charge in [0.15, 0.2) is 0 Å². The molecule has 0 unspecified atom stereocenters. The van der Waals surface area contributed by atoms with E-state index < -0.39 is 0 Å². The highest BCUT2D eigenvalue weighted by atomic mass is 32.1. The minimum atomic E-state index is -0.359. The van der Waals surface area contributed by atoms with Crippen molar-refractivity contribution in [3.63, 3.8) is 0 Å². The van der Waals surface area contributed by atoms with Gasteiger partial charge in [-0.15, -0.1) is 11.3 Å². The van der Waals surface area contributed by atoms with Gasteiger partial charge in [-0.3, -0.25) is 9.59 Å². The molecule has 2 amide bonds. The van der Waals surface area contributed by atoms with Crippen molar-refractivity contribution in [2.24, 2.45) is 0 Å². The van der Waals surface area contributed by atoms with Crippen LogP contribution in [0.25, 0.3) is 0 Å². The largest absolute Gasteiger partial charge is 0.491 e. The van der Waals surface area contributed by atoms with Crippen LogP contribution in [0.5, 0.6) is 5.75 Å². The highest BCUT2D eigenvalue weighted by molar-refractivity contribution is 7.10. The first-order valence-corrected chi connectivity index (χ1v) is 11.4. The first-order chi connectivity index (χ1) is 14.4. The van der Waals surface area contributed by atoms with Gasteiger partial charge in [0, 0.05) is 30.0 Å². The number of hydrogen-bond donors (Lipinski definition) is 0. The van der Waals surface area contributed by atoms with E-state index in [4.69, 9.17) is 4.74 Å². The van der Waals surface area contributed by atoms with E-state index in [0.717, 1.165) is 18.4 Å². The van der Waals surface area contributed by atoms with Gasteiger partial charge in [-0.1, -0.05) is 19.9 Å². The Balaban J connectivity index is 1.79. The van der Waals surface area contributed by atoms with Crippen LogP contribution < -0.4 is 4.74 Å². The van der Waals surface area contributed by atoms with Crippen molar-refractivity contribution in [2.75, 3.05) is 19.7 Å². The first kappa shape index (κ1) is 22.3. The van der Waals surface area contributed by atoms with Gasteiger partial charge >= 0.3 is 0 Å². The maximum Gasteiger partial charge on any atom is 0.242 e. The van der Waals surface area contributed by atoms with Crippen LogP contribution in [0.1, 0.15) is 50.1 Å². The third kappa shape index (κ3) is 5.01. The molecule has 30 heavy (non-hydrogen) atoms. The van der Waals surface area contributed by atoms with E-state index in [1.807, 2.05) is 37.1 Å². The summed E-state index contributed by atoms with van der Waals surface area (Å²) in [5.74, 6) is -0.0185. The molecule has 2 atom stereocenters. The molecule has 5 nitrogen and oxygen atoms in total. The number of fused-ring (bicyclic) bond motifs is 1. The van der Waals surface area contributed by atoms with Crippen LogP contribution in [0.3, 0.4) is 0 Å². The Kier molecular flexibility index (Phi) is 7.48. The molecule has 0 saturated heterocycles. The molecule has 3 rings (SSSR count). The van der Waals surface area contributed by atoms with E-state index in [0.29, 0.717) is 18.7 Å². The Bertz CT molecular complexity index is 885. The molecule has 0 aliphatic carbocycles. The molecule has 1 aromatic heterocycles. The zero-order valence-electron chi connectivity index (χ0n) is 17.8. The second-order valence-electron chi connectivity index (χ2n) is 7.55. The molecule has 1 aliphatic heterocycles. The maximum atomic E-state index is 13.5. The minimum absolute atomic E-state index is 0.00453. The monoisotopic (exact) mass is 432 g/mol. The van der Waals surface area contributed by atoms with Crippen molar-refractivity contribution in [1.82, 2.24) is 9.80 Å². The lowest BCUT2D eigenvalue weighted by atomic mass is 10.00. The summed E-state index contributed by atoms with van der Waals surface area (Å²) in [6, 6.07) is 7.80. The van der Waals surface area contributed by atoms with Crippen LogP contribution in [0, 0.1) is 5.82 Å². The van der Waals surface area contributed by atoms with Crippen LogP contribution in [0.15, 0.2) is 35.7 Å². The number of carbonyl (C=O) groups excluding carboxylic acids is 2. The van der Waals surface area contributed by atoms with E-state index in [9.17, 15) is 14.0 Å². The number of amides is 2. The number of thiophene rings is 1. The second-order valence-corrected chi connectivity index (χ2v) is 8.55. The summed E-state index contributed by atoms with van der Waals surface area (Å²) in [5.41, 5.74) is 1.08. The average molecular weight is 433 g/mol. The van der Waals surface area contributed by atoms with E-state index in [-0.39, 0.29) is 42.9 Å². The van der Waals surface area contributed by atoms with E-state index in [2.05, 4.69) is 0 Å². The van der Waals surface area contributed by atoms with Crippen LogP contribution in [-0.2, 0) is 16.0 Å². The molecule has 1 aliphatic rings. The Hall–Kier alpha value is -2.41. The van der Waals surface area contributed by atoms with Crippen molar-refractivity contribution in [3.05, 3.63) is 52.0 Å². The predicted octanol–water partition coefficient (Wildman–Crippen LogP) is 4.43. The molecule has 0 bridgehead atoms. The lowest BCUT2D eigenvalue weighted by Gasteiger charge is -2.38. The molecule has 162 valence electrons.